The summed E-state index contributed by atoms with van der Waals surface area (Å²) in [5.74, 6) is 0.981. The van der Waals surface area contributed by atoms with Gasteiger partial charge in [0.1, 0.15) is 11.0 Å². The van der Waals surface area contributed by atoms with Crippen molar-refractivity contribution < 1.29 is 13.5 Å². The van der Waals surface area contributed by atoms with E-state index in [1.54, 1.807) is 19.9 Å². The Hall–Kier alpha value is -1.95. The highest BCUT2D eigenvalue weighted by molar-refractivity contribution is 7.85. The SMILES string of the molecule is Cc1cc(NC(=O)[C@@H](C)[S@](=O)Cc2ccccc2)no1. The van der Waals surface area contributed by atoms with Crippen molar-refractivity contribution in [3.05, 3.63) is 47.7 Å². The summed E-state index contributed by atoms with van der Waals surface area (Å²) in [4.78, 5) is 12.0. The van der Waals surface area contributed by atoms with E-state index in [9.17, 15) is 9.00 Å². The number of aryl methyl sites for hydroxylation is 1. The van der Waals surface area contributed by atoms with E-state index >= 15 is 0 Å². The van der Waals surface area contributed by atoms with Crippen molar-refractivity contribution in [2.45, 2.75) is 24.9 Å². The van der Waals surface area contributed by atoms with Crippen LogP contribution in [0.5, 0.6) is 0 Å². The molecule has 6 heteroatoms. The van der Waals surface area contributed by atoms with E-state index in [0.717, 1.165) is 5.56 Å². The van der Waals surface area contributed by atoms with E-state index in [1.807, 2.05) is 30.3 Å². The minimum atomic E-state index is -1.28. The Balaban J connectivity index is 1.94. The summed E-state index contributed by atoms with van der Waals surface area (Å²) in [7, 11) is -1.28. The van der Waals surface area contributed by atoms with E-state index in [2.05, 4.69) is 10.5 Å². The molecule has 1 heterocycles. The quantitative estimate of drug-likeness (QED) is 0.917. The minimum absolute atomic E-state index is 0.326. The molecule has 1 amide bonds. The van der Waals surface area contributed by atoms with E-state index < -0.39 is 16.0 Å². The third kappa shape index (κ3) is 3.77. The maximum Gasteiger partial charge on any atom is 0.241 e. The molecular weight excluding hydrogens is 276 g/mol. The number of hydrogen-bond donors (Lipinski definition) is 1. The highest BCUT2D eigenvalue weighted by Crippen LogP contribution is 2.11. The Kier molecular flexibility index (Phi) is 4.68. The van der Waals surface area contributed by atoms with Crippen molar-refractivity contribution in [1.82, 2.24) is 5.16 Å². The first-order valence-electron chi connectivity index (χ1n) is 6.21. The van der Waals surface area contributed by atoms with Gasteiger partial charge in [0.25, 0.3) is 0 Å². The molecule has 0 aliphatic carbocycles. The molecule has 2 aromatic rings. The van der Waals surface area contributed by atoms with Gasteiger partial charge in [-0.1, -0.05) is 35.5 Å². The van der Waals surface area contributed by atoms with Gasteiger partial charge in [-0.3, -0.25) is 9.00 Å². The summed E-state index contributed by atoms with van der Waals surface area (Å²) in [6.45, 7) is 3.38. The molecule has 1 aromatic carbocycles. The zero-order valence-corrected chi connectivity index (χ0v) is 12.1. The first-order valence-corrected chi connectivity index (χ1v) is 7.60. The average Bonchev–Trinajstić information content (AvgIpc) is 2.84. The number of hydrogen-bond acceptors (Lipinski definition) is 4. The van der Waals surface area contributed by atoms with Crippen molar-refractivity contribution in [2.24, 2.45) is 0 Å². The summed E-state index contributed by atoms with van der Waals surface area (Å²) in [5, 5.41) is 5.65. The zero-order chi connectivity index (χ0) is 14.5. The number of carbonyl (C=O) groups excluding carboxylic acids is 1. The summed E-state index contributed by atoms with van der Waals surface area (Å²) in [6.07, 6.45) is 0. The van der Waals surface area contributed by atoms with E-state index in [1.165, 1.54) is 0 Å². The van der Waals surface area contributed by atoms with E-state index in [0.29, 0.717) is 17.3 Å². The minimum Gasteiger partial charge on any atom is -0.360 e. The Morgan fingerprint density at radius 1 is 1.40 bits per heavy atom. The molecule has 0 aliphatic heterocycles. The van der Waals surface area contributed by atoms with E-state index in [-0.39, 0.29) is 5.91 Å². The van der Waals surface area contributed by atoms with Gasteiger partial charge in [-0.2, -0.15) is 0 Å². The molecule has 2 rings (SSSR count). The lowest BCUT2D eigenvalue weighted by molar-refractivity contribution is -0.115. The normalized spacial score (nSPS) is 13.7. The number of anilines is 1. The number of aromatic nitrogens is 1. The van der Waals surface area contributed by atoms with Gasteiger partial charge < -0.3 is 9.84 Å². The van der Waals surface area contributed by atoms with Gasteiger partial charge in [-0.15, -0.1) is 0 Å². The fraction of sp³-hybridized carbons (Fsp3) is 0.286. The largest absolute Gasteiger partial charge is 0.360 e. The third-order valence-corrected chi connectivity index (χ3v) is 4.42. The number of nitrogens with zero attached hydrogens (tertiary/aromatic N) is 1. The van der Waals surface area contributed by atoms with Gasteiger partial charge in [-0.05, 0) is 19.4 Å². The van der Waals surface area contributed by atoms with Crippen LogP contribution in [0.4, 0.5) is 5.82 Å². The molecule has 0 unspecified atom stereocenters. The van der Waals surface area contributed by atoms with Crippen molar-refractivity contribution in [3.63, 3.8) is 0 Å². The third-order valence-electron chi connectivity index (χ3n) is 2.79. The van der Waals surface area contributed by atoms with Crippen LogP contribution in [-0.4, -0.2) is 20.5 Å². The molecule has 2 atom stereocenters. The van der Waals surface area contributed by atoms with Crippen LogP contribution in [0.2, 0.25) is 0 Å². The van der Waals surface area contributed by atoms with Crippen LogP contribution in [0.15, 0.2) is 40.9 Å². The number of amides is 1. The second-order valence-electron chi connectivity index (χ2n) is 4.46. The predicted molar refractivity (Wildman–Crippen MR) is 77.6 cm³/mol. The second kappa shape index (κ2) is 6.47. The Morgan fingerprint density at radius 3 is 2.70 bits per heavy atom. The molecule has 0 bridgehead atoms. The molecule has 0 saturated heterocycles. The van der Waals surface area contributed by atoms with Crippen LogP contribution in [0.25, 0.3) is 0 Å². The molecule has 0 fully saturated rings. The predicted octanol–water partition coefficient (Wildman–Crippen LogP) is 2.26. The Morgan fingerprint density at radius 2 is 2.10 bits per heavy atom. The smallest absolute Gasteiger partial charge is 0.241 e. The topological polar surface area (TPSA) is 72.2 Å². The van der Waals surface area contributed by atoms with Crippen LogP contribution < -0.4 is 5.32 Å². The molecule has 5 nitrogen and oxygen atoms in total. The lowest BCUT2D eigenvalue weighted by Crippen LogP contribution is -2.29. The molecule has 106 valence electrons. The number of benzene rings is 1. The van der Waals surface area contributed by atoms with Crippen molar-refractivity contribution in [1.29, 1.82) is 0 Å². The van der Waals surface area contributed by atoms with Crippen LogP contribution in [-0.2, 0) is 21.3 Å². The molecule has 0 radical (unpaired) electrons. The van der Waals surface area contributed by atoms with Crippen molar-refractivity contribution in [2.75, 3.05) is 5.32 Å². The molecule has 0 saturated carbocycles. The number of nitrogens with one attached hydrogen (secondary N) is 1. The Bertz CT molecular complexity index is 610. The standard InChI is InChI=1S/C14H16N2O3S/c1-10-8-13(16-19-10)15-14(17)11(2)20(18)9-12-6-4-3-5-7-12/h3-8,11H,9H2,1-2H3,(H,15,16,17)/t11-,20-/m1/s1. The molecule has 1 N–H and O–H groups in total. The second-order valence-corrected chi connectivity index (χ2v) is 6.22. The summed E-state index contributed by atoms with van der Waals surface area (Å²) < 4.78 is 17.0. The van der Waals surface area contributed by atoms with Crippen LogP contribution in [0.1, 0.15) is 18.2 Å². The van der Waals surface area contributed by atoms with E-state index in [4.69, 9.17) is 4.52 Å². The number of rotatable bonds is 5. The highest BCUT2D eigenvalue weighted by atomic mass is 32.2. The van der Waals surface area contributed by atoms with Crippen LogP contribution in [0, 0.1) is 6.92 Å². The summed E-state index contributed by atoms with van der Waals surface area (Å²) in [5.41, 5.74) is 0.947. The van der Waals surface area contributed by atoms with Crippen molar-refractivity contribution in [3.8, 4) is 0 Å². The highest BCUT2D eigenvalue weighted by Gasteiger charge is 2.21. The van der Waals surface area contributed by atoms with Gasteiger partial charge in [-0.25, -0.2) is 0 Å². The van der Waals surface area contributed by atoms with Gasteiger partial charge in [0.05, 0.1) is 0 Å². The lowest BCUT2D eigenvalue weighted by Gasteiger charge is -2.10. The maximum absolute atomic E-state index is 12.2. The lowest BCUT2D eigenvalue weighted by atomic mass is 10.2. The van der Waals surface area contributed by atoms with Gasteiger partial charge >= 0.3 is 0 Å². The maximum atomic E-state index is 12.2. The van der Waals surface area contributed by atoms with Crippen molar-refractivity contribution >= 4 is 22.5 Å². The fourth-order valence-corrected chi connectivity index (χ4v) is 2.70. The molecule has 0 aliphatic rings. The Labute approximate surface area is 119 Å². The summed E-state index contributed by atoms with van der Waals surface area (Å²) in [6, 6.07) is 11.1. The van der Waals surface area contributed by atoms with Gasteiger partial charge in [0.15, 0.2) is 5.82 Å². The van der Waals surface area contributed by atoms with Crippen LogP contribution >= 0.6 is 0 Å². The van der Waals surface area contributed by atoms with Gasteiger partial charge in [0.2, 0.25) is 5.91 Å². The zero-order valence-electron chi connectivity index (χ0n) is 11.3. The van der Waals surface area contributed by atoms with Gasteiger partial charge in [0, 0.05) is 22.6 Å². The number of carbonyl (C=O) groups is 1. The molecule has 1 aromatic heterocycles. The molecule has 20 heavy (non-hydrogen) atoms. The first-order chi connectivity index (χ1) is 9.56. The average molecular weight is 292 g/mol. The summed E-state index contributed by atoms with van der Waals surface area (Å²) >= 11 is 0. The molecule has 0 spiro atoms. The fourth-order valence-electron chi connectivity index (χ4n) is 1.64. The molecular formula is C14H16N2O3S. The monoisotopic (exact) mass is 292 g/mol. The van der Waals surface area contributed by atoms with Crippen LogP contribution in [0.3, 0.4) is 0 Å². The first kappa shape index (κ1) is 14.5.